The van der Waals surface area contributed by atoms with E-state index in [0.29, 0.717) is 12.1 Å². The molecule has 4 amide bonds. The number of anilines is 1. The molecular weight excluding hydrogens is 338 g/mol. The van der Waals surface area contributed by atoms with Gasteiger partial charge < -0.3 is 10.1 Å². The van der Waals surface area contributed by atoms with Crippen LogP contribution in [-0.2, 0) is 19.1 Å². The van der Waals surface area contributed by atoms with E-state index in [9.17, 15) is 19.2 Å². The lowest BCUT2D eigenvalue weighted by atomic mass is 10.2. The molecular formula is C18H23N3O5. The molecule has 8 heteroatoms. The Kier molecular flexibility index (Phi) is 6.32. The van der Waals surface area contributed by atoms with Crippen molar-refractivity contribution in [2.75, 3.05) is 25.1 Å². The van der Waals surface area contributed by atoms with Crippen molar-refractivity contribution in [1.82, 2.24) is 10.2 Å². The number of methoxy groups -OCH3 is 1. The predicted octanol–water partition coefficient (Wildman–Crippen LogP) is 1.22. The average Bonchev–Trinajstić information content (AvgIpc) is 2.83. The number of urea groups is 1. The van der Waals surface area contributed by atoms with Gasteiger partial charge in [-0.05, 0) is 32.4 Å². The van der Waals surface area contributed by atoms with Gasteiger partial charge in [-0.1, -0.05) is 17.7 Å². The Morgan fingerprint density at radius 3 is 2.46 bits per heavy atom. The summed E-state index contributed by atoms with van der Waals surface area (Å²) in [5.41, 5.74) is 1.66. The van der Waals surface area contributed by atoms with Gasteiger partial charge in [0.1, 0.15) is 12.6 Å². The van der Waals surface area contributed by atoms with Crippen LogP contribution in [0, 0.1) is 6.92 Å². The number of carbonyl (C=O) groups is 4. The lowest BCUT2D eigenvalue weighted by Crippen LogP contribution is -2.41. The van der Waals surface area contributed by atoms with Crippen LogP contribution >= 0.6 is 0 Å². The van der Waals surface area contributed by atoms with Gasteiger partial charge in [0.2, 0.25) is 5.91 Å². The lowest BCUT2D eigenvalue weighted by molar-refractivity contribution is -0.140. The Morgan fingerprint density at radius 1 is 1.19 bits per heavy atom. The molecule has 2 rings (SSSR count). The molecule has 1 aliphatic heterocycles. The number of aryl methyl sites for hydroxylation is 1. The van der Waals surface area contributed by atoms with Gasteiger partial charge in [-0.15, -0.1) is 0 Å². The van der Waals surface area contributed by atoms with E-state index < -0.39 is 23.9 Å². The largest absolute Gasteiger partial charge is 0.469 e. The molecule has 1 fully saturated rings. The van der Waals surface area contributed by atoms with Gasteiger partial charge in [0.25, 0.3) is 5.91 Å². The lowest BCUT2D eigenvalue weighted by Gasteiger charge is -2.19. The number of ether oxygens (including phenoxy) is 1. The summed E-state index contributed by atoms with van der Waals surface area (Å²) in [4.78, 5) is 50.3. The molecule has 0 aromatic heterocycles. The van der Waals surface area contributed by atoms with Crippen LogP contribution < -0.4 is 10.2 Å². The molecule has 1 atom stereocenters. The first kappa shape index (κ1) is 19.4. The van der Waals surface area contributed by atoms with Crippen molar-refractivity contribution in [3.05, 3.63) is 29.8 Å². The van der Waals surface area contributed by atoms with Gasteiger partial charge in [-0.25, -0.2) is 4.79 Å². The summed E-state index contributed by atoms with van der Waals surface area (Å²) < 4.78 is 4.51. The maximum atomic E-state index is 12.6. The molecule has 140 valence electrons. The highest BCUT2D eigenvalue weighted by Crippen LogP contribution is 2.25. The molecule has 1 aromatic rings. The third kappa shape index (κ3) is 4.38. The van der Waals surface area contributed by atoms with Crippen LogP contribution in [0.4, 0.5) is 10.5 Å². The minimum absolute atomic E-state index is 0.191. The normalized spacial score (nSPS) is 16.8. The summed E-state index contributed by atoms with van der Waals surface area (Å²) in [6, 6.07) is 6.07. The van der Waals surface area contributed by atoms with Crippen LogP contribution in [0.3, 0.4) is 0 Å². The number of hydrogen-bond donors (Lipinski definition) is 1. The Morgan fingerprint density at radius 2 is 1.85 bits per heavy atom. The summed E-state index contributed by atoms with van der Waals surface area (Å²) in [6.07, 6.45) is 0.614. The number of nitrogens with one attached hydrogen (secondary N) is 1. The van der Waals surface area contributed by atoms with E-state index in [0.717, 1.165) is 10.5 Å². The van der Waals surface area contributed by atoms with E-state index in [1.807, 2.05) is 19.1 Å². The van der Waals surface area contributed by atoms with Gasteiger partial charge in [-0.3, -0.25) is 24.2 Å². The SMILES string of the molecule is COC(=O)CCCNC(=O)CN1C(=O)[C@@H](C)N(c2ccc(C)cc2)C1=O. The van der Waals surface area contributed by atoms with Crippen molar-refractivity contribution in [1.29, 1.82) is 0 Å². The molecule has 26 heavy (non-hydrogen) atoms. The van der Waals surface area contributed by atoms with E-state index in [4.69, 9.17) is 0 Å². The monoisotopic (exact) mass is 361 g/mol. The number of esters is 1. The van der Waals surface area contributed by atoms with Crippen molar-refractivity contribution in [2.45, 2.75) is 32.7 Å². The standard InChI is InChI=1S/C18H23N3O5/c1-12-6-8-14(9-7-12)21-13(2)17(24)20(18(21)25)11-15(22)19-10-4-5-16(23)26-3/h6-9,13H,4-5,10-11H2,1-3H3,(H,19,22)/t13-/m1/s1. The van der Waals surface area contributed by atoms with E-state index in [-0.39, 0.29) is 25.5 Å². The van der Waals surface area contributed by atoms with Crippen LogP contribution in [0.1, 0.15) is 25.3 Å². The second-order valence-corrected chi connectivity index (χ2v) is 6.12. The molecule has 8 nitrogen and oxygen atoms in total. The van der Waals surface area contributed by atoms with Crippen molar-refractivity contribution in [3.8, 4) is 0 Å². The molecule has 1 aromatic carbocycles. The molecule has 0 aliphatic carbocycles. The maximum absolute atomic E-state index is 12.6. The van der Waals surface area contributed by atoms with E-state index in [1.54, 1.807) is 19.1 Å². The zero-order valence-electron chi connectivity index (χ0n) is 15.2. The highest BCUT2D eigenvalue weighted by Gasteiger charge is 2.43. The quantitative estimate of drug-likeness (QED) is 0.448. The number of amides is 4. The third-order valence-electron chi connectivity index (χ3n) is 4.17. The number of carbonyl (C=O) groups excluding carboxylic acids is 4. The molecule has 0 spiro atoms. The molecule has 0 radical (unpaired) electrons. The van der Waals surface area contributed by atoms with Gasteiger partial charge in [0.05, 0.1) is 7.11 Å². The van der Waals surface area contributed by atoms with Crippen LogP contribution in [0.5, 0.6) is 0 Å². The van der Waals surface area contributed by atoms with Gasteiger partial charge in [-0.2, -0.15) is 0 Å². The van der Waals surface area contributed by atoms with Gasteiger partial charge in [0.15, 0.2) is 0 Å². The first-order chi connectivity index (χ1) is 12.3. The molecule has 0 saturated carbocycles. The Bertz CT molecular complexity index is 701. The number of benzene rings is 1. The predicted molar refractivity (Wildman–Crippen MR) is 94.5 cm³/mol. The zero-order chi connectivity index (χ0) is 19.3. The van der Waals surface area contributed by atoms with Crippen LogP contribution in [-0.4, -0.2) is 55.0 Å². The Hall–Kier alpha value is -2.90. The average molecular weight is 361 g/mol. The number of hydrogen-bond acceptors (Lipinski definition) is 5. The highest BCUT2D eigenvalue weighted by atomic mass is 16.5. The molecule has 0 unspecified atom stereocenters. The summed E-state index contributed by atoms with van der Waals surface area (Å²) >= 11 is 0. The van der Waals surface area contributed by atoms with E-state index >= 15 is 0 Å². The number of imide groups is 1. The summed E-state index contributed by atoms with van der Waals surface area (Å²) in [5, 5.41) is 2.60. The minimum atomic E-state index is -0.669. The van der Waals surface area contributed by atoms with Crippen LogP contribution in [0.15, 0.2) is 24.3 Å². The minimum Gasteiger partial charge on any atom is -0.469 e. The first-order valence-corrected chi connectivity index (χ1v) is 8.40. The summed E-state index contributed by atoms with van der Waals surface area (Å²) in [5.74, 6) is -1.22. The van der Waals surface area contributed by atoms with Crippen molar-refractivity contribution >= 4 is 29.5 Å². The second-order valence-electron chi connectivity index (χ2n) is 6.12. The fourth-order valence-corrected chi connectivity index (χ4v) is 2.67. The topological polar surface area (TPSA) is 96.0 Å². The van der Waals surface area contributed by atoms with Crippen molar-refractivity contribution < 1.29 is 23.9 Å². The van der Waals surface area contributed by atoms with Crippen molar-refractivity contribution in [2.24, 2.45) is 0 Å². The molecule has 0 bridgehead atoms. The van der Waals surface area contributed by atoms with Crippen LogP contribution in [0.25, 0.3) is 0 Å². The first-order valence-electron chi connectivity index (χ1n) is 8.40. The fraction of sp³-hybridized carbons (Fsp3) is 0.444. The van der Waals surface area contributed by atoms with Gasteiger partial charge in [0, 0.05) is 18.7 Å². The van der Waals surface area contributed by atoms with Crippen molar-refractivity contribution in [3.63, 3.8) is 0 Å². The maximum Gasteiger partial charge on any atom is 0.332 e. The fourth-order valence-electron chi connectivity index (χ4n) is 2.67. The Labute approximate surface area is 152 Å². The molecule has 1 aliphatic rings. The Balaban J connectivity index is 1.94. The van der Waals surface area contributed by atoms with E-state index in [1.165, 1.54) is 12.0 Å². The second kappa shape index (κ2) is 8.46. The zero-order valence-corrected chi connectivity index (χ0v) is 15.2. The number of nitrogens with zero attached hydrogens (tertiary/aromatic N) is 2. The smallest absolute Gasteiger partial charge is 0.332 e. The van der Waals surface area contributed by atoms with Gasteiger partial charge >= 0.3 is 12.0 Å². The third-order valence-corrected chi connectivity index (χ3v) is 4.17. The van der Waals surface area contributed by atoms with E-state index in [2.05, 4.69) is 10.1 Å². The van der Waals surface area contributed by atoms with Crippen LogP contribution in [0.2, 0.25) is 0 Å². The molecule has 1 N–H and O–H groups in total. The summed E-state index contributed by atoms with van der Waals surface area (Å²) in [7, 11) is 1.30. The molecule has 1 saturated heterocycles. The highest BCUT2D eigenvalue weighted by molar-refractivity contribution is 6.15. The number of rotatable bonds is 7. The molecule has 1 heterocycles. The summed E-state index contributed by atoms with van der Waals surface area (Å²) in [6.45, 7) is 3.49.